The third-order valence-corrected chi connectivity index (χ3v) is 4.07. The molecular weight excluding hydrogens is 262 g/mol. The molecule has 2 aromatic rings. The number of rotatable bonds is 2. The van der Waals surface area contributed by atoms with Crippen molar-refractivity contribution < 1.29 is 9.21 Å². The number of nitrogens with zero attached hydrogens (tertiary/aromatic N) is 3. The van der Waals surface area contributed by atoms with Crippen LogP contribution in [0, 0.1) is 25.2 Å². The Morgan fingerprint density at radius 3 is 3.05 bits per heavy atom. The molecule has 6 heteroatoms. The van der Waals surface area contributed by atoms with Crippen molar-refractivity contribution in [1.82, 2.24) is 10.2 Å². The van der Waals surface area contributed by atoms with E-state index in [1.54, 1.807) is 0 Å². The van der Waals surface area contributed by atoms with Crippen molar-refractivity contribution in [2.45, 2.75) is 13.3 Å². The van der Waals surface area contributed by atoms with Crippen molar-refractivity contribution in [2.75, 3.05) is 11.4 Å². The van der Waals surface area contributed by atoms with Gasteiger partial charge >= 0.3 is 6.01 Å². The number of carbonyl (C=O) groups excluding carboxylic acids is 1. The monoisotopic (exact) mass is 273 g/mol. The molecular formula is C13H11N3O2S. The quantitative estimate of drug-likeness (QED) is 0.786. The molecule has 0 aromatic carbocycles. The Bertz CT molecular complexity index is 667. The Hall–Kier alpha value is -2.13. The fourth-order valence-corrected chi connectivity index (χ4v) is 2.86. The number of aromatic nitrogens is 2. The van der Waals surface area contributed by atoms with Crippen LogP contribution in [0.1, 0.15) is 12.0 Å². The second-order valence-electron chi connectivity index (χ2n) is 4.39. The van der Waals surface area contributed by atoms with E-state index in [2.05, 4.69) is 16.1 Å². The van der Waals surface area contributed by atoms with Gasteiger partial charge in [0.25, 0.3) is 5.89 Å². The van der Waals surface area contributed by atoms with Gasteiger partial charge in [-0.15, -0.1) is 28.8 Å². The molecule has 1 atom stereocenters. The molecule has 5 nitrogen and oxygen atoms in total. The molecule has 2 aromatic heterocycles. The normalized spacial score (nSPS) is 18.8. The average Bonchev–Trinajstić information content (AvgIpc) is 3.07. The highest BCUT2D eigenvalue weighted by atomic mass is 32.1. The second-order valence-corrected chi connectivity index (χ2v) is 5.31. The average molecular weight is 273 g/mol. The summed E-state index contributed by atoms with van der Waals surface area (Å²) in [5.41, 5.74) is 1.08. The van der Waals surface area contributed by atoms with Crippen molar-refractivity contribution in [3.63, 3.8) is 0 Å². The van der Waals surface area contributed by atoms with Gasteiger partial charge in [0.1, 0.15) is 0 Å². The lowest BCUT2D eigenvalue weighted by Crippen LogP contribution is -2.24. The summed E-state index contributed by atoms with van der Waals surface area (Å²) in [7, 11) is 0. The fraction of sp³-hybridized carbons (Fsp3) is 0.308. The fourth-order valence-electron chi connectivity index (χ4n) is 2.01. The first-order chi connectivity index (χ1) is 9.19. The van der Waals surface area contributed by atoms with Gasteiger partial charge in [0.15, 0.2) is 0 Å². The molecule has 96 valence electrons. The maximum absolute atomic E-state index is 11.8. The first-order valence-electron chi connectivity index (χ1n) is 5.83. The minimum Gasteiger partial charge on any atom is -0.402 e. The van der Waals surface area contributed by atoms with Crippen LogP contribution in [0.15, 0.2) is 15.9 Å². The zero-order chi connectivity index (χ0) is 13.4. The molecule has 1 saturated heterocycles. The minimum absolute atomic E-state index is 0.0685. The van der Waals surface area contributed by atoms with Crippen LogP contribution >= 0.6 is 11.3 Å². The van der Waals surface area contributed by atoms with Gasteiger partial charge in [0, 0.05) is 18.9 Å². The Kier molecular flexibility index (Phi) is 2.84. The zero-order valence-electron chi connectivity index (χ0n) is 10.3. The summed E-state index contributed by atoms with van der Waals surface area (Å²) in [5, 5.41) is 9.90. The first-order valence-corrected chi connectivity index (χ1v) is 6.71. The zero-order valence-corrected chi connectivity index (χ0v) is 11.1. The summed E-state index contributed by atoms with van der Waals surface area (Å²) < 4.78 is 5.58. The molecule has 1 fully saturated rings. The minimum atomic E-state index is -0.0775. The molecule has 1 aliphatic rings. The largest absolute Gasteiger partial charge is 0.402 e. The van der Waals surface area contributed by atoms with Crippen LogP contribution < -0.4 is 4.90 Å². The summed E-state index contributed by atoms with van der Waals surface area (Å²) in [4.78, 5) is 14.2. The van der Waals surface area contributed by atoms with E-state index >= 15 is 0 Å². The number of thiophene rings is 1. The Morgan fingerprint density at radius 1 is 1.58 bits per heavy atom. The van der Waals surface area contributed by atoms with E-state index in [0.717, 1.165) is 10.4 Å². The Morgan fingerprint density at radius 2 is 2.42 bits per heavy atom. The van der Waals surface area contributed by atoms with E-state index < -0.39 is 0 Å². The van der Waals surface area contributed by atoms with Gasteiger partial charge in [-0.2, -0.15) is 0 Å². The SMILES string of the molecule is C#CC1CC(=O)N(c2nnc(-c3sccc3C)o2)C1. The lowest BCUT2D eigenvalue weighted by atomic mass is 10.1. The van der Waals surface area contributed by atoms with Crippen molar-refractivity contribution in [3.05, 3.63) is 17.0 Å². The highest BCUT2D eigenvalue weighted by Crippen LogP contribution is 2.31. The van der Waals surface area contributed by atoms with E-state index in [1.807, 2.05) is 18.4 Å². The third-order valence-electron chi connectivity index (χ3n) is 3.06. The molecule has 0 radical (unpaired) electrons. The van der Waals surface area contributed by atoms with Gasteiger partial charge in [-0.05, 0) is 23.9 Å². The van der Waals surface area contributed by atoms with E-state index in [0.29, 0.717) is 18.9 Å². The molecule has 0 N–H and O–H groups in total. The molecule has 19 heavy (non-hydrogen) atoms. The highest BCUT2D eigenvalue weighted by Gasteiger charge is 2.33. The summed E-state index contributed by atoms with van der Waals surface area (Å²) in [6.45, 7) is 2.42. The second kappa shape index (κ2) is 4.52. The topological polar surface area (TPSA) is 59.2 Å². The highest BCUT2D eigenvalue weighted by molar-refractivity contribution is 7.13. The lowest BCUT2D eigenvalue weighted by Gasteiger charge is -2.08. The van der Waals surface area contributed by atoms with Crippen LogP contribution in [0.4, 0.5) is 6.01 Å². The van der Waals surface area contributed by atoms with Crippen molar-refractivity contribution in [2.24, 2.45) is 5.92 Å². The van der Waals surface area contributed by atoms with E-state index in [4.69, 9.17) is 10.8 Å². The smallest absolute Gasteiger partial charge is 0.325 e. The van der Waals surface area contributed by atoms with Crippen molar-refractivity contribution in [3.8, 4) is 23.1 Å². The lowest BCUT2D eigenvalue weighted by molar-refractivity contribution is -0.117. The van der Waals surface area contributed by atoms with Gasteiger partial charge in [-0.3, -0.25) is 9.69 Å². The number of carbonyl (C=O) groups is 1. The summed E-state index contributed by atoms with van der Waals surface area (Å²) in [6, 6.07) is 2.21. The van der Waals surface area contributed by atoms with Gasteiger partial charge in [0.2, 0.25) is 5.91 Å². The van der Waals surface area contributed by atoms with Crippen LogP contribution in [-0.4, -0.2) is 22.6 Å². The summed E-state index contributed by atoms with van der Waals surface area (Å²) >= 11 is 1.53. The van der Waals surface area contributed by atoms with E-state index in [1.165, 1.54) is 16.2 Å². The van der Waals surface area contributed by atoms with Gasteiger partial charge in [-0.1, -0.05) is 5.10 Å². The molecule has 1 unspecified atom stereocenters. The number of anilines is 1. The number of hydrogen-bond donors (Lipinski definition) is 0. The number of amides is 1. The maximum atomic E-state index is 11.8. The molecule has 0 bridgehead atoms. The summed E-state index contributed by atoms with van der Waals surface area (Å²) in [6.07, 6.45) is 5.68. The molecule has 3 rings (SSSR count). The van der Waals surface area contributed by atoms with Crippen LogP contribution in [0.2, 0.25) is 0 Å². The van der Waals surface area contributed by atoms with Crippen LogP contribution in [0.5, 0.6) is 0 Å². The summed E-state index contributed by atoms with van der Waals surface area (Å²) in [5.74, 6) is 2.89. The number of terminal acetylenes is 1. The van der Waals surface area contributed by atoms with Crippen LogP contribution in [0.25, 0.3) is 10.8 Å². The molecule has 0 saturated carbocycles. The standard InChI is InChI=1S/C13H11N3O2S/c1-3-9-6-10(17)16(7-9)13-15-14-12(18-13)11-8(2)4-5-19-11/h1,4-5,9H,6-7H2,2H3. The van der Waals surface area contributed by atoms with E-state index in [9.17, 15) is 4.79 Å². The predicted molar refractivity (Wildman–Crippen MR) is 71.6 cm³/mol. The van der Waals surface area contributed by atoms with Crippen LogP contribution in [0.3, 0.4) is 0 Å². The molecule has 0 aliphatic carbocycles. The van der Waals surface area contributed by atoms with Crippen LogP contribution in [-0.2, 0) is 4.79 Å². The number of hydrogen-bond acceptors (Lipinski definition) is 5. The molecule has 3 heterocycles. The molecule has 1 aliphatic heterocycles. The Labute approximate surface area is 114 Å². The van der Waals surface area contributed by atoms with Crippen molar-refractivity contribution in [1.29, 1.82) is 0 Å². The third kappa shape index (κ3) is 2.02. The molecule has 1 amide bonds. The van der Waals surface area contributed by atoms with Gasteiger partial charge < -0.3 is 4.42 Å². The van der Waals surface area contributed by atoms with Gasteiger partial charge in [-0.25, -0.2) is 0 Å². The Balaban J connectivity index is 1.89. The predicted octanol–water partition coefficient (Wildman–Crippen LogP) is 2.09. The maximum Gasteiger partial charge on any atom is 0.325 e. The van der Waals surface area contributed by atoms with Gasteiger partial charge in [0.05, 0.1) is 4.88 Å². The van der Waals surface area contributed by atoms with E-state index in [-0.39, 0.29) is 17.8 Å². The first kappa shape index (κ1) is 11.9. The van der Waals surface area contributed by atoms with Crippen molar-refractivity contribution >= 4 is 23.3 Å². The molecule has 0 spiro atoms. The number of aryl methyl sites for hydroxylation is 1.